The maximum absolute atomic E-state index is 12.9. The molecule has 0 amide bonds. The summed E-state index contributed by atoms with van der Waals surface area (Å²) in [5.74, 6) is -0.863. The lowest BCUT2D eigenvalue weighted by molar-refractivity contribution is -0.167. The number of carbonyl (C=O) groups is 3. The number of hydrogen-bond donors (Lipinski definition) is 0. The molecule has 0 N–H and O–H groups in total. The van der Waals surface area contributed by atoms with Crippen molar-refractivity contribution >= 4 is 17.9 Å². The Hall–Kier alpha value is -2.37. The van der Waals surface area contributed by atoms with Gasteiger partial charge in [0, 0.05) is 19.3 Å². The molecule has 0 bridgehead atoms. The Bertz CT molecular complexity index is 1170. The zero-order chi connectivity index (χ0) is 50.7. The van der Waals surface area contributed by atoms with Crippen molar-refractivity contribution in [3.05, 3.63) is 36.5 Å². The van der Waals surface area contributed by atoms with Gasteiger partial charge in [0.25, 0.3) is 0 Å². The van der Waals surface area contributed by atoms with Gasteiger partial charge in [-0.05, 0) is 70.6 Å². The lowest BCUT2D eigenvalue weighted by Gasteiger charge is -2.18. The molecule has 1 unspecified atom stereocenters. The largest absolute Gasteiger partial charge is 0.462 e. The number of unbranched alkanes of at least 4 members (excludes halogenated alkanes) is 40. The van der Waals surface area contributed by atoms with Gasteiger partial charge in [0.2, 0.25) is 0 Å². The molecule has 6 nitrogen and oxygen atoms in total. The van der Waals surface area contributed by atoms with Crippen LogP contribution in [0, 0.1) is 0 Å². The highest BCUT2D eigenvalue weighted by molar-refractivity contribution is 5.71. The van der Waals surface area contributed by atoms with Crippen LogP contribution in [0.5, 0.6) is 0 Å². The van der Waals surface area contributed by atoms with Crippen LogP contribution >= 0.6 is 0 Å². The second kappa shape index (κ2) is 59.2. The van der Waals surface area contributed by atoms with Crippen molar-refractivity contribution in [2.75, 3.05) is 13.2 Å². The van der Waals surface area contributed by atoms with Gasteiger partial charge in [0.15, 0.2) is 6.10 Å². The molecular weight excluding hydrogens is 865 g/mol. The molecule has 0 spiro atoms. The molecule has 6 heteroatoms. The molecule has 0 fully saturated rings. The van der Waals surface area contributed by atoms with Crippen LogP contribution in [-0.4, -0.2) is 37.2 Å². The van der Waals surface area contributed by atoms with Gasteiger partial charge in [-0.25, -0.2) is 0 Å². The number of rotatable bonds is 57. The molecule has 1 atom stereocenters. The lowest BCUT2D eigenvalue weighted by atomic mass is 10.0. The van der Waals surface area contributed by atoms with Crippen LogP contribution < -0.4 is 0 Å². The summed E-state index contributed by atoms with van der Waals surface area (Å²) in [6.45, 7) is 6.63. The molecule has 0 aromatic carbocycles. The summed E-state index contributed by atoms with van der Waals surface area (Å²) in [4.78, 5) is 38.2. The van der Waals surface area contributed by atoms with Crippen molar-refractivity contribution in [3.8, 4) is 0 Å². The first-order valence-electron chi connectivity index (χ1n) is 31.0. The van der Waals surface area contributed by atoms with Gasteiger partial charge in [-0.15, -0.1) is 0 Å². The van der Waals surface area contributed by atoms with Crippen LogP contribution in [0.2, 0.25) is 0 Å². The number of carbonyl (C=O) groups excluding carboxylic acids is 3. The van der Waals surface area contributed by atoms with Crippen LogP contribution in [-0.2, 0) is 28.6 Å². The van der Waals surface area contributed by atoms with Crippen molar-refractivity contribution in [1.29, 1.82) is 0 Å². The Morgan fingerprint density at radius 1 is 0.286 bits per heavy atom. The van der Waals surface area contributed by atoms with Crippen molar-refractivity contribution in [3.63, 3.8) is 0 Å². The quantitative estimate of drug-likeness (QED) is 0.0261. The minimum absolute atomic E-state index is 0.0719. The Morgan fingerprint density at radius 2 is 0.529 bits per heavy atom. The van der Waals surface area contributed by atoms with E-state index >= 15 is 0 Å². The third-order valence-corrected chi connectivity index (χ3v) is 13.9. The molecule has 0 aliphatic heterocycles. The predicted octanol–water partition coefficient (Wildman–Crippen LogP) is 20.8. The second-order valence-corrected chi connectivity index (χ2v) is 21.0. The molecule has 70 heavy (non-hydrogen) atoms. The normalized spacial score (nSPS) is 12.2. The summed E-state index contributed by atoms with van der Waals surface area (Å²) < 4.78 is 16.9. The summed E-state index contributed by atoms with van der Waals surface area (Å²) >= 11 is 0. The molecule has 0 aliphatic rings. The van der Waals surface area contributed by atoms with E-state index in [-0.39, 0.29) is 31.1 Å². The highest BCUT2D eigenvalue weighted by Gasteiger charge is 2.19. The average molecular weight is 984 g/mol. The molecule has 0 saturated carbocycles. The monoisotopic (exact) mass is 983 g/mol. The first kappa shape index (κ1) is 67.6. The molecule has 410 valence electrons. The topological polar surface area (TPSA) is 78.9 Å². The van der Waals surface area contributed by atoms with Crippen molar-refractivity contribution in [2.24, 2.45) is 0 Å². The zero-order valence-corrected chi connectivity index (χ0v) is 47.1. The van der Waals surface area contributed by atoms with E-state index in [0.717, 1.165) is 70.6 Å². The van der Waals surface area contributed by atoms with Gasteiger partial charge in [0.1, 0.15) is 13.2 Å². The Balaban J connectivity index is 4.24. The summed E-state index contributed by atoms with van der Waals surface area (Å²) in [5, 5.41) is 0. The molecule has 0 aliphatic carbocycles. The number of allylic oxidation sites excluding steroid dienone is 6. The fourth-order valence-electron chi connectivity index (χ4n) is 9.16. The van der Waals surface area contributed by atoms with Crippen molar-refractivity contribution in [1.82, 2.24) is 0 Å². The summed E-state index contributed by atoms with van der Waals surface area (Å²) in [6, 6.07) is 0. The van der Waals surface area contributed by atoms with Gasteiger partial charge in [-0.1, -0.05) is 282 Å². The third-order valence-electron chi connectivity index (χ3n) is 13.9. The molecule has 0 radical (unpaired) electrons. The van der Waals surface area contributed by atoms with Crippen molar-refractivity contribution < 1.29 is 28.6 Å². The number of ether oxygens (including phenoxy) is 3. The second-order valence-electron chi connectivity index (χ2n) is 21.0. The number of hydrogen-bond acceptors (Lipinski definition) is 6. The van der Waals surface area contributed by atoms with Crippen LogP contribution in [0.15, 0.2) is 36.5 Å². The molecule has 0 rings (SSSR count). The van der Waals surface area contributed by atoms with Gasteiger partial charge in [-0.2, -0.15) is 0 Å². The van der Waals surface area contributed by atoms with E-state index in [1.54, 1.807) is 0 Å². The number of esters is 3. The SMILES string of the molecule is CCCC/C=C\CCCCCCCC(=O)OCC(COC(=O)CCCCCCCCCCCCC/C=C\C/C=C\CCCCCCC)OC(=O)CCCCCCCCCCCCCCCCCCCC. The Labute approximate surface area is 435 Å². The first-order chi connectivity index (χ1) is 34.5. The van der Waals surface area contributed by atoms with Crippen molar-refractivity contribution in [2.45, 2.75) is 341 Å². The lowest BCUT2D eigenvalue weighted by Crippen LogP contribution is -2.30. The standard InChI is InChI=1S/C64H118O6/c1-4-7-10-13-16-19-22-24-26-28-30-31-32-33-34-36-37-39-42-45-48-51-54-57-63(66)69-60-61(59-68-62(65)56-53-50-47-44-41-21-18-15-12-9-6-3)70-64(67)58-55-52-49-46-43-40-38-35-29-27-25-23-20-17-14-11-8-5-2/h15,18,22,24,28,30,61H,4-14,16-17,19-21,23,25-27,29,31-60H2,1-3H3/b18-15-,24-22-,30-28-. The van der Waals surface area contributed by atoms with Crippen LogP contribution in [0.3, 0.4) is 0 Å². The maximum Gasteiger partial charge on any atom is 0.306 e. The van der Waals surface area contributed by atoms with Crippen LogP contribution in [0.1, 0.15) is 335 Å². The van der Waals surface area contributed by atoms with Gasteiger partial charge < -0.3 is 14.2 Å². The Kier molecular flexibility index (Phi) is 57.2. The predicted molar refractivity (Wildman–Crippen MR) is 302 cm³/mol. The van der Waals surface area contributed by atoms with Gasteiger partial charge >= 0.3 is 17.9 Å². The fourth-order valence-corrected chi connectivity index (χ4v) is 9.16. The molecule has 0 aromatic heterocycles. The highest BCUT2D eigenvalue weighted by atomic mass is 16.6. The molecule has 0 saturated heterocycles. The van der Waals surface area contributed by atoms with Crippen LogP contribution in [0.4, 0.5) is 0 Å². The molecular formula is C64H118O6. The average Bonchev–Trinajstić information content (AvgIpc) is 3.36. The van der Waals surface area contributed by atoms with E-state index in [1.807, 2.05) is 0 Å². The van der Waals surface area contributed by atoms with E-state index in [9.17, 15) is 14.4 Å². The van der Waals surface area contributed by atoms with Gasteiger partial charge in [0.05, 0.1) is 0 Å². The maximum atomic E-state index is 12.9. The third kappa shape index (κ3) is 56.5. The fraction of sp³-hybridized carbons (Fsp3) is 0.859. The van der Waals surface area contributed by atoms with E-state index in [0.29, 0.717) is 19.3 Å². The minimum atomic E-state index is -0.773. The zero-order valence-electron chi connectivity index (χ0n) is 47.1. The van der Waals surface area contributed by atoms with E-state index in [2.05, 4.69) is 57.2 Å². The molecule has 0 aromatic rings. The van der Waals surface area contributed by atoms with Crippen LogP contribution in [0.25, 0.3) is 0 Å². The smallest absolute Gasteiger partial charge is 0.306 e. The van der Waals surface area contributed by atoms with Gasteiger partial charge in [-0.3, -0.25) is 14.4 Å². The highest BCUT2D eigenvalue weighted by Crippen LogP contribution is 2.17. The van der Waals surface area contributed by atoms with E-state index < -0.39 is 6.10 Å². The summed E-state index contributed by atoms with van der Waals surface area (Å²) in [6.07, 6.45) is 71.5. The van der Waals surface area contributed by atoms with E-state index in [4.69, 9.17) is 14.2 Å². The van der Waals surface area contributed by atoms with E-state index in [1.165, 1.54) is 225 Å². The first-order valence-corrected chi connectivity index (χ1v) is 31.0. The minimum Gasteiger partial charge on any atom is -0.462 e. The summed E-state index contributed by atoms with van der Waals surface area (Å²) in [5.41, 5.74) is 0. The molecule has 0 heterocycles. The Morgan fingerprint density at radius 3 is 0.843 bits per heavy atom. The summed E-state index contributed by atoms with van der Waals surface area (Å²) in [7, 11) is 0.